The molecular weight excluding hydrogens is 456 g/mol. The number of aromatic nitrogens is 7. The predicted octanol–water partition coefficient (Wildman–Crippen LogP) is 3.19. The summed E-state index contributed by atoms with van der Waals surface area (Å²) in [6.07, 6.45) is 7.66. The minimum absolute atomic E-state index is 0.152. The highest BCUT2D eigenvalue weighted by molar-refractivity contribution is 7.90. The van der Waals surface area contributed by atoms with E-state index in [1.54, 1.807) is 25.4 Å². The minimum Gasteiger partial charge on any atom is -0.385 e. The van der Waals surface area contributed by atoms with Crippen molar-refractivity contribution in [2.45, 2.75) is 57.4 Å². The van der Waals surface area contributed by atoms with Gasteiger partial charge in [-0.2, -0.15) is 9.19 Å². The molecule has 1 fully saturated rings. The van der Waals surface area contributed by atoms with Gasteiger partial charge in [0.25, 0.3) is 10.0 Å². The van der Waals surface area contributed by atoms with Crippen LogP contribution in [-0.4, -0.2) is 52.5 Å². The van der Waals surface area contributed by atoms with Crippen molar-refractivity contribution in [3.63, 3.8) is 0 Å². The zero-order valence-electron chi connectivity index (χ0n) is 19.1. The zero-order valence-corrected chi connectivity index (χ0v) is 19.9. The van der Waals surface area contributed by atoms with Crippen LogP contribution in [0.3, 0.4) is 0 Å². The van der Waals surface area contributed by atoms with Crippen molar-refractivity contribution in [2.75, 3.05) is 5.32 Å². The standard InChI is InChI=1S/C22H26N8O3S/c1-4-13(2)30-18-9-20(24-11-17(18)26-22(30)14(3)31)27-19-7-8-23-21(28-19)15-10-25-29(12-15)34(32,33)16-5-6-16/h7-14,16,31H,4-6H2,1-3H3,(H,23,24,27,28). The van der Waals surface area contributed by atoms with E-state index < -0.39 is 16.1 Å². The second kappa shape index (κ2) is 8.44. The van der Waals surface area contributed by atoms with Crippen molar-refractivity contribution in [1.29, 1.82) is 0 Å². The first kappa shape index (κ1) is 22.4. The fourth-order valence-electron chi connectivity index (χ4n) is 3.80. The van der Waals surface area contributed by atoms with E-state index in [2.05, 4.69) is 44.2 Å². The van der Waals surface area contributed by atoms with Crippen molar-refractivity contribution in [3.05, 3.63) is 42.7 Å². The van der Waals surface area contributed by atoms with Gasteiger partial charge in [-0.05, 0) is 39.2 Å². The molecule has 0 aromatic carbocycles. The van der Waals surface area contributed by atoms with Gasteiger partial charge in [0.05, 0.1) is 34.9 Å². The molecule has 2 N–H and O–H groups in total. The van der Waals surface area contributed by atoms with Gasteiger partial charge in [0.2, 0.25) is 0 Å². The highest BCUT2D eigenvalue weighted by atomic mass is 32.2. The Balaban J connectivity index is 1.45. The van der Waals surface area contributed by atoms with Crippen molar-refractivity contribution in [1.82, 2.24) is 33.7 Å². The van der Waals surface area contributed by atoms with Gasteiger partial charge in [-0.3, -0.25) is 0 Å². The third-order valence-electron chi connectivity index (χ3n) is 5.94. The molecule has 1 saturated carbocycles. The van der Waals surface area contributed by atoms with Crippen LogP contribution in [0.1, 0.15) is 58.0 Å². The van der Waals surface area contributed by atoms with E-state index in [0.717, 1.165) is 16.0 Å². The molecule has 34 heavy (non-hydrogen) atoms. The number of aliphatic hydroxyl groups excluding tert-OH is 1. The predicted molar refractivity (Wildman–Crippen MR) is 127 cm³/mol. The summed E-state index contributed by atoms with van der Waals surface area (Å²) in [6, 6.07) is 3.73. The minimum atomic E-state index is -3.45. The number of imidazole rings is 1. The lowest BCUT2D eigenvalue weighted by molar-refractivity contribution is 0.182. The first-order valence-electron chi connectivity index (χ1n) is 11.2. The molecule has 0 amide bonds. The molecule has 4 aromatic rings. The lowest BCUT2D eigenvalue weighted by atomic mass is 10.2. The summed E-state index contributed by atoms with van der Waals surface area (Å²) < 4.78 is 27.9. The van der Waals surface area contributed by atoms with Crippen molar-refractivity contribution in [2.24, 2.45) is 0 Å². The van der Waals surface area contributed by atoms with E-state index in [0.29, 0.717) is 47.2 Å². The smallest absolute Gasteiger partial charge is 0.256 e. The fraction of sp³-hybridized carbons (Fsp3) is 0.409. The first-order valence-corrected chi connectivity index (χ1v) is 12.7. The summed E-state index contributed by atoms with van der Waals surface area (Å²) in [6.45, 7) is 5.87. The first-order chi connectivity index (χ1) is 16.3. The van der Waals surface area contributed by atoms with Gasteiger partial charge in [-0.1, -0.05) is 6.92 Å². The van der Waals surface area contributed by atoms with Crippen molar-refractivity contribution >= 4 is 32.7 Å². The summed E-state index contributed by atoms with van der Waals surface area (Å²) in [7, 11) is -3.45. The number of nitrogens with one attached hydrogen (secondary N) is 1. The van der Waals surface area contributed by atoms with Gasteiger partial charge in [-0.15, -0.1) is 0 Å². The maximum absolute atomic E-state index is 12.4. The molecule has 2 atom stereocenters. The number of rotatable bonds is 8. The maximum Gasteiger partial charge on any atom is 0.256 e. The van der Waals surface area contributed by atoms with Crippen molar-refractivity contribution in [3.8, 4) is 11.4 Å². The van der Waals surface area contributed by atoms with E-state index in [1.807, 2.05) is 10.6 Å². The molecule has 4 heterocycles. The molecule has 178 valence electrons. The largest absolute Gasteiger partial charge is 0.385 e. The number of hydrogen-bond donors (Lipinski definition) is 2. The summed E-state index contributed by atoms with van der Waals surface area (Å²) in [5.74, 6) is 2.01. The topological polar surface area (TPSA) is 141 Å². The average Bonchev–Trinajstić information content (AvgIpc) is 3.44. The maximum atomic E-state index is 12.4. The zero-order chi connectivity index (χ0) is 24.0. The van der Waals surface area contributed by atoms with Gasteiger partial charge in [0, 0.05) is 18.3 Å². The molecule has 0 aliphatic heterocycles. The monoisotopic (exact) mass is 482 g/mol. The summed E-state index contributed by atoms with van der Waals surface area (Å²) in [4.78, 5) is 17.8. The Labute approximate surface area is 197 Å². The molecule has 0 bridgehead atoms. The van der Waals surface area contributed by atoms with Crippen LogP contribution in [0.2, 0.25) is 0 Å². The third-order valence-corrected chi connectivity index (χ3v) is 7.98. The molecule has 0 spiro atoms. The van der Waals surface area contributed by atoms with E-state index in [-0.39, 0.29) is 11.3 Å². The van der Waals surface area contributed by atoms with Crippen LogP contribution in [0.25, 0.3) is 22.4 Å². The molecule has 4 aromatic heterocycles. The second-order valence-electron chi connectivity index (χ2n) is 8.57. The van der Waals surface area contributed by atoms with Crippen LogP contribution >= 0.6 is 0 Å². The lowest BCUT2D eigenvalue weighted by Gasteiger charge is -2.17. The average molecular weight is 483 g/mol. The molecule has 5 rings (SSSR count). The van der Waals surface area contributed by atoms with Crippen LogP contribution in [0.4, 0.5) is 11.6 Å². The Morgan fingerprint density at radius 1 is 1.18 bits per heavy atom. The van der Waals surface area contributed by atoms with Crippen LogP contribution in [0, 0.1) is 0 Å². The normalized spacial score (nSPS) is 16.0. The Kier molecular flexibility index (Phi) is 5.56. The Bertz CT molecular complexity index is 1460. The quantitative estimate of drug-likeness (QED) is 0.387. The Morgan fingerprint density at radius 3 is 2.68 bits per heavy atom. The van der Waals surface area contributed by atoms with Crippen LogP contribution < -0.4 is 5.32 Å². The molecule has 2 unspecified atom stereocenters. The molecular formula is C22H26N8O3S. The number of nitrogens with zero attached hydrogens (tertiary/aromatic N) is 7. The lowest BCUT2D eigenvalue weighted by Crippen LogP contribution is -2.17. The molecule has 1 aliphatic carbocycles. The van der Waals surface area contributed by atoms with Crippen molar-refractivity contribution < 1.29 is 13.5 Å². The highest BCUT2D eigenvalue weighted by Gasteiger charge is 2.37. The van der Waals surface area contributed by atoms with Crippen LogP contribution in [0.15, 0.2) is 36.9 Å². The van der Waals surface area contributed by atoms with E-state index in [9.17, 15) is 13.5 Å². The molecule has 0 saturated heterocycles. The number of anilines is 2. The molecule has 1 aliphatic rings. The molecule has 12 heteroatoms. The summed E-state index contributed by atoms with van der Waals surface area (Å²) in [5, 5.41) is 17.0. The number of pyridine rings is 1. The van der Waals surface area contributed by atoms with E-state index in [1.165, 1.54) is 12.4 Å². The number of hydrogen-bond acceptors (Lipinski definition) is 9. The van der Waals surface area contributed by atoms with Crippen LogP contribution in [-0.2, 0) is 10.0 Å². The van der Waals surface area contributed by atoms with E-state index in [4.69, 9.17) is 0 Å². The Hall–Kier alpha value is -3.38. The molecule has 11 nitrogen and oxygen atoms in total. The van der Waals surface area contributed by atoms with Gasteiger partial charge in [-0.25, -0.2) is 28.4 Å². The number of aliphatic hydroxyl groups is 1. The summed E-state index contributed by atoms with van der Waals surface area (Å²) in [5.41, 5.74) is 2.07. The molecule has 0 radical (unpaired) electrons. The van der Waals surface area contributed by atoms with Gasteiger partial charge in [0.1, 0.15) is 29.1 Å². The van der Waals surface area contributed by atoms with Gasteiger partial charge < -0.3 is 15.0 Å². The second-order valence-corrected chi connectivity index (χ2v) is 10.6. The highest BCUT2D eigenvalue weighted by Crippen LogP contribution is 2.31. The number of fused-ring (bicyclic) bond motifs is 1. The van der Waals surface area contributed by atoms with Crippen LogP contribution in [0.5, 0.6) is 0 Å². The fourth-order valence-corrected chi connectivity index (χ4v) is 5.28. The van der Waals surface area contributed by atoms with E-state index >= 15 is 0 Å². The van der Waals surface area contributed by atoms with Gasteiger partial charge in [0.15, 0.2) is 5.82 Å². The van der Waals surface area contributed by atoms with Gasteiger partial charge >= 0.3 is 0 Å². The summed E-state index contributed by atoms with van der Waals surface area (Å²) >= 11 is 0. The Morgan fingerprint density at radius 2 is 1.97 bits per heavy atom. The third kappa shape index (κ3) is 4.03. The SMILES string of the molecule is CCC(C)n1c(C(C)O)nc2cnc(Nc3ccnc(-c4cnn(S(=O)(=O)C5CC5)c4)n3)cc21.